The second kappa shape index (κ2) is 10.5. The maximum Gasteiger partial charge on any atom is 0.242 e. The molecule has 0 radical (unpaired) electrons. The van der Waals surface area contributed by atoms with Crippen molar-refractivity contribution in [1.29, 1.82) is 0 Å². The molecule has 2 aromatic rings. The van der Waals surface area contributed by atoms with Gasteiger partial charge in [0.25, 0.3) is 0 Å². The van der Waals surface area contributed by atoms with Gasteiger partial charge in [-0.25, -0.2) is 0 Å². The normalized spacial score (nSPS) is 12.4. The fourth-order valence-corrected chi connectivity index (χ4v) is 3.53. The smallest absolute Gasteiger partial charge is 0.242 e. The van der Waals surface area contributed by atoms with Crippen LogP contribution in [0.3, 0.4) is 0 Å². The van der Waals surface area contributed by atoms with Gasteiger partial charge in [0, 0.05) is 23.5 Å². The highest BCUT2D eigenvalue weighted by atomic mass is 35.5. The van der Waals surface area contributed by atoms with Crippen molar-refractivity contribution < 1.29 is 9.59 Å². The Morgan fingerprint density at radius 1 is 1.00 bits per heavy atom. The third-order valence-electron chi connectivity index (χ3n) is 4.57. The molecule has 30 heavy (non-hydrogen) atoms. The van der Waals surface area contributed by atoms with Crippen LogP contribution in [0.2, 0.25) is 15.1 Å². The Bertz CT molecular complexity index is 910. The second-order valence-corrected chi connectivity index (χ2v) is 9.50. The van der Waals surface area contributed by atoms with Crippen LogP contribution in [0.25, 0.3) is 0 Å². The number of nitrogens with one attached hydrogen (secondary N) is 1. The molecule has 2 aromatic carbocycles. The highest BCUT2D eigenvalue weighted by molar-refractivity contribution is 6.42. The van der Waals surface area contributed by atoms with E-state index in [1.807, 2.05) is 39.0 Å². The van der Waals surface area contributed by atoms with Gasteiger partial charge in [-0.3, -0.25) is 9.59 Å². The molecule has 0 aliphatic heterocycles. The number of carbonyl (C=O) groups is 2. The minimum absolute atomic E-state index is 0.141. The molecule has 0 saturated carbocycles. The molecule has 0 aliphatic carbocycles. The fraction of sp³-hybridized carbons (Fsp3) is 0.391. The highest BCUT2D eigenvalue weighted by Gasteiger charge is 2.28. The van der Waals surface area contributed by atoms with Gasteiger partial charge < -0.3 is 10.2 Å². The maximum absolute atomic E-state index is 13.1. The summed E-state index contributed by atoms with van der Waals surface area (Å²) in [5, 5.41) is 4.41. The molecule has 0 heterocycles. The van der Waals surface area contributed by atoms with E-state index in [1.54, 1.807) is 36.1 Å². The van der Waals surface area contributed by atoms with E-state index >= 15 is 0 Å². The van der Waals surface area contributed by atoms with Crippen LogP contribution < -0.4 is 5.32 Å². The lowest BCUT2D eigenvalue weighted by molar-refractivity contribution is -0.141. The number of aryl methyl sites for hydroxylation is 1. The van der Waals surface area contributed by atoms with Crippen molar-refractivity contribution in [2.75, 3.05) is 0 Å². The molecule has 0 saturated heterocycles. The first kappa shape index (κ1) is 24.5. The predicted octanol–water partition coefficient (Wildman–Crippen LogP) is 5.91. The van der Waals surface area contributed by atoms with Gasteiger partial charge in [0.1, 0.15) is 6.04 Å². The van der Waals surface area contributed by atoms with E-state index in [2.05, 4.69) is 5.32 Å². The van der Waals surface area contributed by atoms with E-state index in [-0.39, 0.29) is 24.8 Å². The van der Waals surface area contributed by atoms with Gasteiger partial charge in [-0.1, -0.05) is 59.1 Å². The van der Waals surface area contributed by atoms with Crippen molar-refractivity contribution in [2.24, 2.45) is 0 Å². The largest absolute Gasteiger partial charge is 0.350 e. The average Bonchev–Trinajstić information content (AvgIpc) is 2.66. The summed E-state index contributed by atoms with van der Waals surface area (Å²) < 4.78 is 0. The summed E-state index contributed by atoms with van der Waals surface area (Å²) in [6.07, 6.45) is 0.724. The van der Waals surface area contributed by atoms with Crippen molar-refractivity contribution >= 4 is 46.6 Å². The first-order valence-corrected chi connectivity index (χ1v) is 10.9. The number of carbonyl (C=O) groups excluding carboxylic acids is 2. The van der Waals surface area contributed by atoms with Crippen LogP contribution in [-0.4, -0.2) is 28.3 Å². The lowest BCUT2D eigenvalue weighted by atomic mass is 10.1. The average molecular weight is 470 g/mol. The first-order chi connectivity index (χ1) is 14.0. The summed E-state index contributed by atoms with van der Waals surface area (Å²) in [6.45, 7) is 7.68. The third-order valence-corrected chi connectivity index (χ3v) is 5.68. The molecule has 0 fully saturated rings. The van der Waals surface area contributed by atoms with E-state index in [4.69, 9.17) is 34.8 Å². The van der Waals surface area contributed by atoms with Gasteiger partial charge in [-0.2, -0.15) is 0 Å². The lowest BCUT2D eigenvalue weighted by Gasteiger charge is -2.31. The summed E-state index contributed by atoms with van der Waals surface area (Å²) in [6, 6.07) is 12.0. The molecule has 2 amide bonds. The van der Waals surface area contributed by atoms with Gasteiger partial charge >= 0.3 is 0 Å². The van der Waals surface area contributed by atoms with E-state index in [1.165, 1.54) is 0 Å². The Hall–Kier alpha value is -1.75. The van der Waals surface area contributed by atoms with Crippen LogP contribution in [-0.2, 0) is 22.6 Å². The Morgan fingerprint density at radius 2 is 1.67 bits per heavy atom. The zero-order valence-corrected chi connectivity index (χ0v) is 19.9. The number of hydrogen-bond acceptors (Lipinski definition) is 2. The molecule has 162 valence electrons. The Kier molecular flexibility index (Phi) is 8.60. The zero-order valence-electron chi connectivity index (χ0n) is 17.6. The second-order valence-electron chi connectivity index (χ2n) is 8.28. The Labute approximate surface area is 193 Å². The maximum atomic E-state index is 13.1. The molecule has 7 heteroatoms. The van der Waals surface area contributed by atoms with Crippen LogP contribution >= 0.6 is 34.8 Å². The van der Waals surface area contributed by atoms with Crippen LogP contribution in [0.15, 0.2) is 42.5 Å². The number of nitrogens with zero attached hydrogens (tertiary/aromatic N) is 1. The molecular formula is C23H27Cl3N2O2. The van der Waals surface area contributed by atoms with Crippen molar-refractivity contribution in [2.45, 2.75) is 58.7 Å². The van der Waals surface area contributed by atoms with Crippen LogP contribution in [0.4, 0.5) is 0 Å². The first-order valence-electron chi connectivity index (χ1n) is 9.77. The van der Waals surface area contributed by atoms with Crippen molar-refractivity contribution in [3.63, 3.8) is 0 Å². The monoisotopic (exact) mass is 468 g/mol. The van der Waals surface area contributed by atoms with Gasteiger partial charge in [-0.05, 0) is 63.4 Å². The predicted molar refractivity (Wildman–Crippen MR) is 124 cm³/mol. The Balaban J connectivity index is 2.22. The summed E-state index contributed by atoms with van der Waals surface area (Å²) in [7, 11) is 0. The number of amides is 2. The molecular weight excluding hydrogens is 443 g/mol. The van der Waals surface area contributed by atoms with Crippen molar-refractivity contribution in [1.82, 2.24) is 10.2 Å². The zero-order chi connectivity index (χ0) is 22.5. The number of hydrogen-bond donors (Lipinski definition) is 1. The van der Waals surface area contributed by atoms with E-state index in [0.717, 1.165) is 11.1 Å². The van der Waals surface area contributed by atoms with E-state index < -0.39 is 11.6 Å². The van der Waals surface area contributed by atoms with Crippen LogP contribution in [0, 0.1) is 0 Å². The van der Waals surface area contributed by atoms with Gasteiger partial charge in [-0.15, -0.1) is 0 Å². The van der Waals surface area contributed by atoms with Gasteiger partial charge in [0.05, 0.1) is 10.0 Å². The van der Waals surface area contributed by atoms with Crippen molar-refractivity contribution in [3.8, 4) is 0 Å². The summed E-state index contributed by atoms with van der Waals surface area (Å²) in [5.41, 5.74) is 1.29. The molecule has 1 atom stereocenters. The number of rotatable bonds is 7. The van der Waals surface area contributed by atoms with Gasteiger partial charge in [0.15, 0.2) is 0 Å². The fourth-order valence-electron chi connectivity index (χ4n) is 2.98. The molecule has 2 rings (SSSR count). The minimum atomic E-state index is -0.655. The quantitative estimate of drug-likeness (QED) is 0.548. The number of benzene rings is 2. The summed E-state index contributed by atoms with van der Waals surface area (Å²) >= 11 is 18.4. The van der Waals surface area contributed by atoms with E-state index in [9.17, 15) is 9.59 Å². The topological polar surface area (TPSA) is 49.4 Å². The lowest BCUT2D eigenvalue weighted by Crippen LogP contribution is -2.52. The minimum Gasteiger partial charge on any atom is -0.350 e. The van der Waals surface area contributed by atoms with Crippen LogP contribution in [0.5, 0.6) is 0 Å². The molecule has 0 aromatic heterocycles. The van der Waals surface area contributed by atoms with E-state index in [0.29, 0.717) is 21.5 Å². The van der Waals surface area contributed by atoms with Gasteiger partial charge in [0.2, 0.25) is 11.8 Å². The standard InChI is InChI=1S/C23H27Cl3N2O2/c1-15(22(30)27-23(2,3)4)28(14-16-9-11-19(25)20(26)13-16)21(29)12-10-17-7-5-6-8-18(17)24/h5-9,11,13,15H,10,12,14H2,1-4H3,(H,27,30). The van der Waals surface area contributed by atoms with Crippen LogP contribution in [0.1, 0.15) is 45.2 Å². The SMILES string of the molecule is CC(C(=O)NC(C)(C)C)N(Cc1ccc(Cl)c(Cl)c1)C(=O)CCc1ccccc1Cl. The highest BCUT2D eigenvalue weighted by Crippen LogP contribution is 2.24. The molecule has 0 spiro atoms. The molecule has 1 N–H and O–H groups in total. The molecule has 0 aliphatic rings. The molecule has 1 unspecified atom stereocenters. The Morgan fingerprint density at radius 3 is 2.27 bits per heavy atom. The third kappa shape index (κ3) is 7.19. The van der Waals surface area contributed by atoms with Crippen molar-refractivity contribution in [3.05, 3.63) is 68.7 Å². The number of halogens is 3. The molecule has 0 bridgehead atoms. The summed E-state index contributed by atoms with van der Waals surface area (Å²) in [4.78, 5) is 27.5. The molecule has 4 nitrogen and oxygen atoms in total. The summed E-state index contributed by atoms with van der Waals surface area (Å²) in [5.74, 6) is -0.355.